The van der Waals surface area contributed by atoms with Crippen LogP contribution in [-0.4, -0.2) is 128 Å². The van der Waals surface area contributed by atoms with Crippen LogP contribution in [0.1, 0.15) is 80.9 Å². The monoisotopic (exact) mass is 1060 g/mol. The van der Waals surface area contributed by atoms with Crippen molar-refractivity contribution in [3.05, 3.63) is 132 Å². The molecule has 7 aromatic rings. The molecule has 3 aromatic heterocycles. The van der Waals surface area contributed by atoms with E-state index in [2.05, 4.69) is 110 Å². The molecule has 400 valence electrons. The van der Waals surface area contributed by atoms with Crippen molar-refractivity contribution in [3.8, 4) is 5.69 Å². The first-order chi connectivity index (χ1) is 37.3. The van der Waals surface area contributed by atoms with Gasteiger partial charge in [0.2, 0.25) is 5.95 Å². The van der Waals surface area contributed by atoms with Crippen molar-refractivity contribution in [1.82, 2.24) is 50.0 Å². The van der Waals surface area contributed by atoms with Gasteiger partial charge in [0.15, 0.2) is 5.82 Å². The van der Waals surface area contributed by atoms with Gasteiger partial charge in [-0.1, -0.05) is 50.6 Å². The van der Waals surface area contributed by atoms with E-state index in [4.69, 9.17) is 15.0 Å². The van der Waals surface area contributed by atoms with Gasteiger partial charge >= 0.3 is 0 Å². The number of para-hydroxylation sites is 1. The van der Waals surface area contributed by atoms with Gasteiger partial charge in [-0.05, 0) is 150 Å². The molecule has 0 spiro atoms. The van der Waals surface area contributed by atoms with Gasteiger partial charge < -0.3 is 25.8 Å². The van der Waals surface area contributed by atoms with Crippen molar-refractivity contribution in [1.29, 1.82) is 0 Å². The second-order valence-corrected chi connectivity index (χ2v) is 26.5. The van der Waals surface area contributed by atoms with Gasteiger partial charge in [-0.3, -0.25) is 19.8 Å². The zero-order valence-corrected chi connectivity index (χ0v) is 45.8. The number of piperidine rings is 4. The molecule has 0 saturated carbocycles. The van der Waals surface area contributed by atoms with Crippen LogP contribution in [0.4, 0.5) is 43.3 Å². The molecule has 6 saturated heterocycles. The fourth-order valence-electron chi connectivity index (χ4n) is 13.1. The first kappa shape index (κ1) is 51.0. The maximum atomic E-state index is 15.5. The lowest BCUT2D eigenvalue weighted by molar-refractivity contribution is -0.0865. The van der Waals surface area contributed by atoms with Gasteiger partial charge in [0, 0.05) is 121 Å². The Balaban J connectivity index is 0.665. The Morgan fingerprint density at radius 2 is 1.53 bits per heavy atom. The Kier molecular flexibility index (Phi) is 13.9. The largest absolute Gasteiger partial charge is 0.371 e. The number of piperazine rings is 1. The van der Waals surface area contributed by atoms with Crippen LogP contribution in [0.5, 0.6) is 0 Å². The summed E-state index contributed by atoms with van der Waals surface area (Å²) in [5.41, 5.74) is 11.8. The molecule has 6 aliphatic heterocycles. The molecule has 2 bridgehead atoms. The van der Waals surface area contributed by atoms with Gasteiger partial charge in [-0.2, -0.15) is 4.98 Å². The van der Waals surface area contributed by atoms with E-state index >= 15 is 8.78 Å². The summed E-state index contributed by atoms with van der Waals surface area (Å²) in [7, 11) is 0. The third-order valence-corrected chi connectivity index (χ3v) is 18.9. The molecule has 17 heteroatoms. The Labute approximate surface area is 451 Å². The molecule has 77 heavy (non-hydrogen) atoms. The molecule has 6 fully saturated rings. The van der Waals surface area contributed by atoms with E-state index in [9.17, 15) is 0 Å². The Bertz CT molecular complexity index is 3410. The molecule has 3 atom stereocenters. The zero-order valence-electron chi connectivity index (χ0n) is 44.9. The number of nitrogens with zero attached hydrogens (tertiary/aromatic N) is 11. The van der Waals surface area contributed by atoms with Crippen molar-refractivity contribution < 1.29 is 8.78 Å². The van der Waals surface area contributed by atoms with Crippen molar-refractivity contribution in [2.75, 3.05) is 79.6 Å². The minimum Gasteiger partial charge on any atom is -0.371 e. The number of aromatic nitrogens is 7. The van der Waals surface area contributed by atoms with Gasteiger partial charge in [-0.25, -0.2) is 18.4 Å². The number of rotatable bonds is 14. The highest BCUT2D eigenvalue weighted by molar-refractivity contribution is 7.80. The third kappa shape index (κ3) is 10.1. The number of hydrogen-bond donors (Lipinski definition) is 3. The lowest BCUT2D eigenvalue weighted by Crippen LogP contribution is -2.70. The van der Waals surface area contributed by atoms with Gasteiger partial charge in [0.25, 0.3) is 0 Å². The van der Waals surface area contributed by atoms with Crippen LogP contribution in [0.15, 0.2) is 104 Å². The van der Waals surface area contributed by atoms with Gasteiger partial charge in [0.05, 0.1) is 22.7 Å². The first-order valence-corrected chi connectivity index (χ1v) is 30.5. The average molecular weight is 1060 g/mol. The molecular formula is C60H71F2N14P. The molecule has 14 nitrogen and oxygen atoms in total. The predicted octanol–water partition coefficient (Wildman–Crippen LogP) is 10.7. The second-order valence-electron chi connectivity index (χ2n) is 22.7. The predicted molar refractivity (Wildman–Crippen MR) is 312 cm³/mol. The maximum Gasteiger partial charge on any atom is 0.229 e. The SMILES string of the molecule is C=C1CCC(c2c(F)cc(N3CCC(CCN4C5CC4CN(C4CCN(c6cc(CC)c(Nc7ncc(-n8nnc9ccccc98)c(Nc8ccc9nccnc9c8P(=C)(C)C)n7)cc6C)CC4)C5)CC3)cc2F)C(=C)N1. The van der Waals surface area contributed by atoms with Crippen LogP contribution in [0.3, 0.4) is 0 Å². The number of benzene rings is 4. The van der Waals surface area contributed by atoms with E-state index in [0.717, 1.165) is 122 Å². The summed E-state index contributed by atoms with van der Waals surface area (Å²) in [5, 5.41) is 20.5. The maximum absolute atomic E-state index is 15.5. The molecule has 0 radical (unpaired) electrons. The summed E-state index contributed by atoms with van der Waals surface area (Å²) in [6.07, 6.45) is 18.9. The minimum atomic E-state index is -1.87. The summed E-state index contributed by atoms with van der Waals surface area (Å²) in [6, 6.07) is 21.5. The molecule has 4 aromatic carbocycles. The van der Waals surface area contributed by atoms with Crippen molar-refractivity contribution >= 4 is 75.1 Å². The number of halogens is 2. The zero-order chi connectivity index (χ0) is 53.1. The van der Waals surface area contributed by atoms with E-state index in [-0.39, 0.29) is 11.5 Å². The van der Waals surface area contributed by atoms with Crippen LogP contribution in [0, 0.1) is 24.5 Å². The molecule has 0 amide bonds. The topological polar surface area (TPSA) is 131 Å². The summed E-state index contributed by atoms with van der Waals surface area (Å²) in [4.78, 5) is 29.8. The Morgan fingerprint density at radius 1 is 0.792 bits per heavy atom. The number of nitrogens with one attached hydrogen (secondary N) is 3. The summed E-state index contributed by atoms with van der Waals surface area (Å²) in [6.45, 7) is 22.1. The van der Waals surface area contributed by atoms with E-state index in [0.29, 0.717) is 65.7 Å². The number of fused-ring (bicyclic) bond motifs is 4. The van der Waals surface area contributed by atoms with E-state index in [1.807, 2.05) is 36.4 Å². The number of hydrogen-bond acceptors (Lipinski definition) is 13. The lowest BCUT2D eigenvalue weighted by atomic mass is 9.84. The van der Waals surface area contributed by atoms with Crippen LogP contribution in [0.2, 0.25) is 0 Å². The number of allylic oxidation sites excluding steroid dienone is 2. The average Bonchev–Trinajstić information content (AvgIpc) is 3.87. The Hall–Kier alpha value is -6.74. The molecular weight excluding hydrogens is 986 g/mol. The third-order valence-electron chi connectivity index (χ3n) is 17.2. The normalized spacial score (nSPS) is 20.9. The molecule has 3 N–H and O–H groups in total. The van der Waals surface area contributed by atoms with E-state index in [1.165, 1.54) is 41.8 Å². The van der Waals surface area contributed by atoms with E-state index in [1.54, 1.807) is 23.3 Å². The van der Waals surface area contributed by atoms with Crippen molar-refractivity contribution in [3.63, 3.8) is 0 Å². The molecule has 13 rings (SSSR count). The summed E-state index contributed by atoms with van der Waals surface area (Å²) >= 11 is 0. The first-order valence-electron chi connectivity index (χ1n) is 27.7. The van der Waals surface area contributed by atoms with Crippen LogP contribution in [0.25, 0.3) is 27.8 Å². The lowest BCUT2D eigenvalue weighted by Gasteiger charge is -2.59. The van der Waals surface area contributed by atoms with Crippen molar-refractivity contribution in [2.45, 2.75) is 95.7 Å². The standard InChI is InChI=1S/C60H71F2N14P/c1-8-41-30-54(37(2)29-52(41)68-60-65-34-55(76-53-12-10-9-11-49(53)70-71-76)59(69-60)67-51-16-15-50-57(64-23-22-63-50)58(51)77(5,6)7)73-26-20-42(21-27-73)74-35-44-31-45(36-74)75(44)28-19-40-17-24-72(25-18-40)43-32-47(61)56(48(62)33-43)46-14-13-38(3)66-39(46)4/h9-12,15-16,22-23,29-30,32-34,40,42,44-46,66H,3-5,8,13-14,17-21,24-28,31,35-36H2,1-2,6-7H3,(H2,65,67,68,69). The number of anilines is 6. The number of aryl methyl sites for hydroxylation is 2. The minimum absolute atomic E-state index is 0.122. The second kappa shape index (κ2) is 20.9. The highest BCUT2D eigenvalue weighted by Crippen LogP contribution is 2.43. The Morgan fingerprint density at radius 3 is 2.27 bits per heavy atom. The molecule has 3 unspecified atom stereocenters. The molecule has 9 heterocycles. The molecule has 0 aliphatic carbocycles. The summed E-state index contributed by atoms with van der Waals surface area (Å²) < 4.78 is 32.8. The van der Waals surface area contributed by atoms with Gasteiger partial charge in [-0.15, -0.1) is 5.10 Å². The highest BCUT2D eigenvalue weighted by atomic mass is 31.2. The van der Waals surface area contributed by atoms with Crippen LogP contribution in [-0.2, 0) is 6.42 Å². The fraction of sp³-hybridized carbons (Fsp3) is 0.417. The van der Waals surface area contributed by atoms with E-state index < -0.39 is 18.5 Å². The van der Waals surface area contributed by atoms with Crippen LogP contribution < -0.4 is 31.1 Å². The highest BCUT2D eigenvalue weighted by Gasteiger charge is 2.46. The van der Waals surface area contributed by atoms with Crippen molar-refractivity contribution in [2.24, 2.45) is 5.92 Å². The quantitative estimate of drug-likeness (QED) is 0.0894. The smallest absolute Gasteiger partial charge is 0.229 e. The fourth-order valence-corrected chi connectivity index (χ4v) is 14.7. The van der Waals surface area contributed by atoms with Crippen LogP contribution >= 0.6 is 6.89 Å². The van der Waals surface area contributed by atoms with Gasteiger partial charge in [0.1, 0.15) is 22.8 Å². The molecule has 6 aliphatic rings. The summed E-state index contributed by atoms with van der Waals surface area (Å²) in [5.74, 6) is 0.334.